The topological polar surface area (TPSA) is 69.7 Å². The van der Waals surface area contributed by atoms with Crippen LogP contribution >= 0.6 is 0 Å². The van der Waals surface area contributed by atoms with Gasteiger partial charge in [-0.3, -0.25) is 19.4 Å². The molecule has 1 unspecified atom stereocenters. The summed E-state index contributed by atoms with van der Waals surface area (Å²) in [5, 5.41) is 2.81. The summed E-state index contributed by atoms with van der Waals surface area (Å²) in [6, 6.07) is -0.331. The van der Waals surface area contributed by atoms with Crippen LogP contribution < -0.4 is 5.32 Å². The number of carbonyl (C=O) groups excluding carboxylic acids is 3. The van der Waals surface area contributed by atoms with Gasteiger partial charge < -0.3 is 5.32 Å². The molecular weight excluding hydrogens is 270 g/mol. The van der Waals surface area contributed by atoms with Crippen LogP contribution in [0.2, 0.25) is 0 Å². The Hall–Kier alpha value is -2.11. The maximum atomic E-state index is 12.5. The lowest BCUT2D eigenvalue weighted by Crippen LogP contribution is -2.60. The zero-order valence-corrected chi connectivity index (χ0v) is 12.5. The van der Waals surface area contributed by atoms with Crippen LogP contribution in [0.4, 0.5) is 4.79 Å². The first-order chi connectivity index (χ1) is 10.00. The minimum absolute atomic E-state index is 0.001000. The van der Waals surface area contributed by atoms with Gasteiger partial charge in [0.05, 0.1) is 0 Å². The van der Waals surface area contributed by atoms with E-state index < -0.39 is 5.66 Å². The molecule has 0 aromatic rings. The van der Waals surface area contributed by atoms with Crippen LogP contribution in [-0.2, 0) is 9.59 Å². The van der Waals surface area contributed by atoms with Crippen molar-refractivity contribution in [2.75, 3.05) is 13.1 Å². The molecule has 0 aromatic carbocycles. The van der Waals surface area contributed by atoms with E-state index in [1.54, 1.807) is 12.2 Å². The Kier molecular flexibility index (Phi) is 4.45. The summed E-state index contributed by atoms with van der Waals surface area (Å²) in [4.78, 5) is 38.8. The van der Waals surface area contributed by atoms with Crippen LogP contribution in [0.5, 0.6) is 0 Å². The minimum atomic E-state index is -0.936. The average molecular weight is 291 g/mol. The van der Waals surface area contributed by atoms with Gasteiger partial charge in [0.2, 0.25) is 11.8 Å². The first-order valence-electron chi connectivity index (χ1n) is 7.25. The Morgan fingerprint density at radius 2 is 2.14 bits per heavy atom. The molecule has 21 heavy (non-hydrogen) atoms. The molecule has 6 heteroatoms. The fourth-order valence-corrected chi connectivity index (χ4v) is 2.66. The van der Waals surface area contributed by atoms with E-state index in [1.165, 1.54) is 16.7 Å². The molecule has 6 nitrogen and oxygen atoms in total. The number of nitrogens with zero attached hydrogens (tertiary/aromatic N) is 2. The largest absolute Gasteiger partial charge is 0.330 e. The van der Waals surface area contributed by atoms with E-state index in [4.69, 9.17) is 0 Å². The minimum Gasteiger partial charge on any atom is -0.330 e. The van der Waals surface area contributed by atoms with Gasteiger partial charge in [-0.15, -0.1) is 0 Å². The predicted octanol–water partition coefficient (Wildman–Crippen LogP) is 1.40. The molecule has 114 valence electrons. The molecule has 0 bridgehead atoms. The molecule has 0 aromatic heterocycles. The normalized spacial score (nSPS) is 24.9. The molecule has 1 saturated heterocycles. The van der Waals surface area contributed by atoms with Gasteiger partial charge in [-0.2, -0.15) is 0 Å². The van der Waals surface area contributed by atoms with E-state index in [2.05, 4.69) is 5.32 Å². The summed E-state index contributed by atoms with van der Waals surface area (Å²) >= 11 is 0. The highest BCUT2D eigenvalue weighted by molar-refractivity contribution is 6.02. The van der Waals surface area contributed by atoms with Gasteiger partial charge in [0.1, 0.15) is 12.2 Å². The maximum Gasteiger partial charge on any atom is 0.329 e. The van der Waals surface area contributed by atoms with E-state index in [-0.39, 0.29) is 24.4 Å². The molecule has 1 atom stereocenters. The molecule has 1 aliphatic heterocycles. The molecule has 2 rings (SSSR count). The third-order valence-electron chi connectivity index (χ3n) is 3.71. The quantitative estimate of drug-likeness (QED) is 0.778. The zero-order valence-electron chi connectivity index (χ0n) is 12.5. The number of imide groups is 1. The molecule has 1 N–H and O–H groups in total. The first kappa shape index (κ1) is 15.3. The number of nitrogens with one attached hydrogen (secondary N) is 1. The summed E-state index contributed by atoms with van der Waals surface area (Å²) in [7, 11) is 0. The third-order valence-corrected chi connectivity index (χ3v) is 3.71. The molecule has 1 heterocycles. The Labute approximate surface area is 124 Å². The Morgan fingerprint density at radius 3 is 2.71 bits per heavy atom. The molecule has 4 amide bonds. The molecule has 2 aliphatic rings. The first-order valence-corrected chi connectivity index (χ1v) is 7.25. The SMILES string of the molecule is CCCCN1C(=O)CN(C2(NC(C)=O)C=CC=CC2)C1=O. The third kappa shape index (κ3) is 2.99. The van der Waals surface area contributed by atoms with E-state index >= 15 is 0 Å². The lowest BCUT2D eigenvalue weighted by molar-refractivity contribution is -0.126. The summed E-state index contributed by atoms with van der Waals surface area (Å²) in [6.07, 6.45) is 9.45. The summed E-state index contributed by atoms with van der Waals surface area (Å²) in [5.74, 6) is -0.441. The van der Waals surface area contributed by atoms with E-state index in [0.717, 1.165) is 12.8 Å². The van der Waals surface area contributed by atoms with Gasteiger partial charge in [-0.25, -0.2) is 4.79 Å². The Bertz CT molecular complexity index is 512. The van der Waals surface area contributed by atoms with Gasteiger partial charge in [-0.05, 0) is 12.5 Å². The second kappa shape index (κ2) is 6.11. The maximum absolute atomic E-state index is 12.5. The molecule has 0 radical (unpaired) electrons. The number of rotatable bonds is 5. The lowest BCUT2D eigenvalue weighted by Gasteiger charge is -2.39. The van der Waals surface area contributed by atoms with Crippen molar-refractivity contribution in [3.63, 3.8) is 0 Å². The number of amides is 4. The number of urea groups is 1. The van der Waals surface area contributed by atoms with Crippen LogP contribution in [0.15, 0.2) is 24.3 Å². The van der Waals surface area contributed by atoms with Crippen molar-refractivity contribution in [3.8, 4) is 0 Å². The van der Waals surface area contributed by atoms with Gasteiger partial charge in [0.15, 0.2) is 0 Å². The number of hydrogen-bond acceptors (Lipinski definition) is 3. The molecule has 1 aliphatic carbocycles. The zero-order chi connectivity index (χ0) is 15.5. The summed E-state index contributed by atoms with van der Waals surface area (Å²) in [5.41, 5.74) is -0.936. The van der Waals surface area contributed by atoms with Crippen LogP contribution in [-0.4, -0.2) is 46.4 Å². The predicted molar refractivity (Wildman–Crippen MR) is 78.2 cm³/mol. The highest BCUT2D eigenvalue weighted by Gasteiger charge is 2.47. The number of carbonyl (C=O) groups is 3. The smallest absolute Gasteiger partial charge is 0.329 e. The van der Waals surface area contributed by atoms with Gasteiger partial charge in [0, 0.05) is 19.9 Å². The van der Waals surface area contributed by atoms with Crippen LogP contribution in [0, 0.1) is 0 Å². The van der Waals surface area contributed by atoms with Crippen molar-refractivity contribution in [2.45, 2.75) is 38.8 Å². The van der Waals surface area contributed by atoms with E-state index in [0.29, 0.717) is 13.0 Å². The Morgan fingerprint density at radius 1 is 1.38 bits per heavy atom. The average Bonchev–Trinajstić information content (AvgIpc) is 2.73. The monoisotopic (exact) mass is 291 g/mol. The number of hydrogen-bond donors (Lipinski definition) is 1. The second-order valence-corrected chi connectivity index (χ2v) is 5.36. The molecule has 0 spiro atoms. The van der Waals surface area contributed by atoms with Crippen molar-refractivity contribution in [1.82, 2.24) is 15.1 Å². The van der Waals surface area contributed by atoms with Crippen LogP contribution in [0.25, 0.3) is 0 Å². The van der Waals surface area contributed by atoms with Crippen molar-refractivity contribution in [3.05, 3.63) is 24.3 Å². The summed E-state index contributed by atoms with van der Waals surface area (Å²) < 4.78 is 0. The van der Waals surface area contributed by atoms with Crippen molar-refractivity contribution in [1.29, 1.82) is 0 Å². The molecule has 0 saturated carbocycles. The summed E-state index contributed by atoms with van der Waals surface area (Å²) in [6.45, 7) is 3.85. The van der Waals surface area contributed by atoms with Crippen LogP contribution in [0.1, 0.15) is 33.1 Å². The highest BCUT2D eigenvalue weighted by atomic mass is 16.2. The highest BCUT2D eigenvalue weighted by Crippen LogP contribution is 2.27. The van der Waals surface area contributed by atoms with Crippen molar-refractivity contribution < 1.29 is 14.4 Å². The van der Waals surface area contributed by atoms with Gasteiger partial charge in [0.25, 0.3) is 0 Å². The van der Waals surface area contributed by atoms with Crippen LogP contribution in [0.3, 0.4) is 0 Å². The van der Waals surface area contributed by atoms with E-state index in [1.807, 2.05) is 19.1 Å². The standard InChI is InChI=1S/C15H21N3O3/c1-3-4-10-17-13(20)11-18(14(17)21)15(16-12(2)19)8-6-5-7-9-15/h5-8H,3-4,9-11H2,1-2H3,(H,16,19). The fraction of sp³-hybridized carbons (Fsp3) is 0.533. The van der Waals surface area contributed by atoms with Gasteiger partial charge >= 0.3 is 6.03 Å². The van der Waals surface area contributed by atoms with E-state index in [9.17, 15) is 14.4 Å². The van der Waals surface area contributed by atoms with Crippen molar-refractivity contribution >= 4 is 17.8 Å². The fourth-order valence-electron chi connectivity index (χ4n) is 2.66. The van der Waals surface area contributed by atoms with Gasteiger partial charge in [-0.1, -0.05) is 31.6 Å². The lowest BCUT2D eigenvalue weighted by atomic mass is 9.99. The Balaban J connectivity index is 2.24. The molecule has 1 fully saturated rings. The van der Waals surface area contributed by atoms with Crippen molar-refractivity contribution in [2.24, 2.45) is 0 Å². The molecular formula is C15H21N3O3. The number of unbranched alkanes of at least 4 members (excludes halogenated alkanes) is 1. The second-order valence-electron chi connectivity index (χ2n) is 5.36. The number of allylic oxidation sites excluding steroid dienone is 2.